The molecule has 3 nitrogen and oxygen atoms in total. The predicted octanol–water partition coefficient (Wildman–Crippen LogP) is 3.89. The van der Waals surface area contributed by atoms with Gasteiger partial charge in [-0.2, -0.15) is 8.78 Å². The second-order valence-corrected chi connectivity index (χ2v) is 5.92. The first-order valence-electron chi connectivity index (χ1n) is 6.83. The van der Waals surface area contributed by atoms with Crippen molar-refractivity contribution in [2.45, 2.75) is 38.3 Å². The first kappa shape index (κ1) is 17.5. The Morgan fingerprint density at radius 2 is 2.05 bits per heavy atom. The molecule has 0 fully saturated rings. The number of rotatable bonds is 11. The van der Waals surface area contributed by atoms with E-state index in [0.29, 0.717) is 30.0 Å². The zero-order chi connectivity index (χ0) is 14.8. The molecule has 6 heteroatoms. The van der Waals surface area contributed by atoms with E-state index in [1.165, 1.54) is 0 Å². The van der Waals surface area contributed by atoms with Crippen LogP contribution in [0.1, 0.15) is 31.8 Å². The molecule has 0 aromatic carbocycles. The number of furan rings is 1. The lowest BCUT2D eigenvalue weighted by atomic mass is 10.2. The van der Waals surface area contributed by atoms with Gasteiger partial charge in [0, 0.05) is 13.2 Å². The molecule has 116 valence electrons. The molecule has 0 aliphatic heterocycles. The van der Waals surface area contributed by atoms with Crippen LogP contribution in [0.5, 0.6) is 0 Å². The molecule has 1 heterocycles. The van der Waals surface area contributed by atoms with Crippen LogP contribution in [-0.4, -0.2) is 25.5 Å². The maximum atomic E-state index is 12.0. The highest BCUT2D eigenvalue weighted by Gasteiger charge is 2.07. The maximum Gasteiger partial charge on any atom is 0.284 e. The lowest BCUT2D eigenvalue weighted by Gasteiger charge is -2.07. The highest BCUT2D eigenvalue weighted by atomic mass is 32.2. The van der Waals surface area contributed by atoms with Crippen LogP contribution in [0.3, 0.4) is 0 Å². The van der Waals surface area contributed by atoms with Gasteiger partial charge in [-0.1, -0.05) is 25.6 Å². The molecular formula is C14H23F2NO2S. The van der Waals surface area contributed by atoms with Gasteiger partial charge in [0.05, 0.1) is 12.3 Å². The Labute approximate surface area is 123 Å². The molecule has 1 aromatic heterocycles. The standard InChI is InChI=1S/C14H23F2NO2S/c1-11(2)9-18-7-3-6-17-8-12-4-5-13(19-12)10-20-14(15)16/h4-5,11,14,17H,3,6-10H2,1-2H3. The Morgan fingerprint density at radius 1 is 1.30 bits per heavy atom. The van der Waals surface area contributed by atoms with Crippen molar-refractivity contribution in [3.63, 3.8) is 0 Å². The minimum Gasteiger partial charge on any atom is -0.464 e. The molecule has 0 aliphatic carbocycles. The molecule has 0 saturated carbocycles. The first-order chi connectivity index (χ1) is 9.58. The van der Waals surface area contributed by atoms with Crippen LogP contribution in [0.2, 0.25) is 0 Å². The van der Waals surface area contributed by atoms with Crippen molar-refractivity contribution in [3.8, 4) is 0 Å². The molecule has 1 rings (SSSR count). The Kier molecular flexibility index (Phi) is 8.89. The van der Waals surface area contributed by atoms with E-state index >= 15 is 0 Å². The van der Waals surface area contributed by atoms with Gasteiger partial charge in [-0.25, -0.2) is 0 Å². The average Bonchev–Trinajstić information content (AvgIpc) is 2.83. The number of alkyl halides is 2. The number of halogens is 2. The third-order valence-corrected chi connectivity index (χ3v) is 3.16. The topological polar surface area (TPSA) is 34.4 Å². The van der Waals surface area contributed by atoms with Crippen LogP contribution in [0.15, 0.2) is 16.5 Å². The molecule has 0 saturated heterocycles. The molecule has 0 aliphatic rings. The van der Waals surface area contributed by atoms with Gasteiger partial charge in [0.1, 0.15) is 11.5 Å². The van der Waals surface area contributed by atoms with Crippen molar-refractivity contribution in [2.75, 3.05) is 19.8 Å². The predicted molar refractivity (Wildman–Crippen MR) is 78.0 cm³/mol. The number of nitrogens with one attached hydrogen (secondary N) is 1. The normalized spacial score (nSPS) is 11.7. The fourth-order valence-corrected chi connectivity index (χ4v) is 2.02. The summed E-state index contributed by atoms with van der Waals surface area (Å²) in [4.78, 5) is 0. The van der Waals surface area contributed by atoms with Crippen molar-refractivity contribution < 1.29 is 17.9 Å². The van der Waals surface area contributed by atoms with Crippen molar-refractivity contribution in [2.24, 2.45) is 5.92 Å². The monoisotopic (exact) mass is 307 g/mol. The van der Waals surface area contributed by atoms with Gasteiger partial charge >= 0.3 is 0 Å². The van der Waals surface area contributed by atoms with E-state index in [-0.39, 0.29) is 5.75 Å². The molecule has 0 spiro atoms. The van der Waals surface area contributed by atoms with Crippen molar-refractivity contribution >= 4 is 11.8 Å². The summed E-state index contributed by atoms with van der Waals surface area (Å²) in [5, 5.41) is 3.24. The highest BCUT2D eigenvalue weighted by molar-refractivity contribution is 7.98. The molecule has 0 amide bonds. The number of hydrogen-bond donors (Lipinski definition) is 1. The third-order valence-electron chi connectivity index (χ3n) is 2.46. The van der Waals surface area contributed by atoms with Crippen LogP contribution >= 0.6 is 11.8 Å². The van der Waals surface area contributed by atoms with Crippen LogP contribution in [-0.2, 0) is 17.0 Å². The molecule has 0 radical (unpaired) electrons. The Bertz CT molecular complexity index is 359. The summed E-state index contributed by atoms with van der Waals surface area (Å²) >= 11 is 0.573. The lowest BCUT2D eigenvalue weighted by Crippen LogP contribution is -2.16. The summed E-state index contributed by atoms with van der Waals surface area (Å²) in [6.45, 7) is 7.25. The number of ether oxygens (including phenoxy) is 1. The van der Waals surface area contributed by atoms with Gasteiger partial charge in [-0.05, 0) is 31.0 Å². The third kappa shape index (κ3) is 8.55. The summed E-state index contributed by atoms with van der Waals surface area (Å²) in [6, 6.07) is 3.57. The average molecular weight is 307 g/mol. The van der Waals surface area contributed by atoms with E-state index in [1.807, 2.05) is 6.07 Å². The lowest BCUT2D eigenvalue weighted by molar-refractivity contribution is 0.108. The van der Waals surface area contributed by atoms with Crippen molar-refractivity contribution in [3.05, 3.63) is 23.7 Å². The number of thioether (sulfide) groups is 1. The number of hydrogen-bond acceptors (Lipinski definition) is 4. The molecule has 1 N–H and O–H groups in total. The Balaban J connectivity index is 2.04. The zero-order valence-electron chi connectivity index (χ0n) is 12.0. The molecule has 20 heavy (non-hydrogen) atoms. The molecule has 0 unspecified atom stereocenters. The van der Waals surface area contributed by atoms with Gasteiger partial charge in [0.2, 0.25) is 0 Å². The van der Waals surface area contributed by atoms with Gasteiger partial charge in [0.25, 0.3) is 5.76 Å². The smallest absolute Gasteiger partial charge is 0.284 e. The second kappa shape index (κ2) is 10.2. The second-order valence-electron chi connectivity index (χ2n) is 4.94. The van der Waals surface area contributed by atoms with Gasteiger partial charge in [-0.3, -0.25) is 0 Å². The fourth-order valence-electron chi connectivity index (χ4n) is 1.57. The SMILES string of the molecule is CC(C)COCCCNCc1ccc(CSC(F)F)o1. The summed E-state index contributed by atoms with van der Waals surface area (Å²) in [5.74, 6) is -0.214. The zero-order valence-corrected chi connectivity index (χ0v) is 12.8. The van der Waals surface area contributed by atoms with E-state index in [4.69, 9.17) is 9.15 Å². The molecule has 1 aromatic rings. The summed E-state index contributed by atoms with van der Waals surface area (Å²) in [6.07, 6.45) is 0.946. The van der Waals surface area contributed by atoms with Crippen LogP contribution < -0.4 is 5.32 Å². The summed E-state index contributed by atoms with van der Waals surface area (Å²) in [7, 11) is 0. The Hall–Kier alpha value is -0.590. The fraction of sp³-hybridized carbons (Fsp3) is 0.714. The molecule has 0 atom stereocenters. The van der Waals surface area contributed by atoms with E-state index in [0.717, 1.165) is 31.9 Å². The Morgan fingerprint density at radius 3 is 2.75 bits per heavy atom. The summed E-state index contributed by atoms with van der Waals surface area (Å²) in [5.41, 5.74) is 0. The van der Waals surface area contributed by atoms with Gasteiger partial charge in [0.15, 0.2) is 0 Å². The molecule has 0 bridgehead atoms. The van der Waals surface area contributed by atoms with Crippen LogP contribution in [0.25, 0.3) is 0 Å². The van der Waals surface area contributed by atoms with E-state index in [2.05, 4.69) is 19.2 Å². The van der Waals surface area contributed by atoms with Crippen molar-refractivity contribution in [1.29, 1.82) is 0 Å². The van der Waals surface area contributed by atoms with E-state index < -0.39 is 5.76 Å². The van der Waals surface area contributed by atoms with Crippen LogP contribution in [0.4, 0.5) is 8.78 Å². The van der Waals surface area contributed by atoms with Crippen LogP contribution in [0, 0.1) is 5.92 Å². The largest absolute Gasteiger partial charge is 0.464 e. The van der Waals surface area contributed by atoms with Crippen molar-refractivity contribution in [1.82, 2.24) is 5.32 Å². The quantitative estimate of drug-likeness (QED) is 0.629. The summed E-state index contributed by atoms with van der Waals surface area (Å²) < 4.78 is 35.0. The van der Waals surface area contributed by atoms with Gasteiger partial charge in [-0.15, -0.1) is 0 Å². The minimum atomic E-state index is -2.35. The van der Waals surface area contributed by atoms with E-state index in [1.54, 1.807) is 6.07 Å². The highest BCUT2D eigenvalue weighted by Crippen LogP contribution is 2.21. The minimum absolute atomic E-state index is 0.209. The maximum absolute atomic E-state index is 12.0. The van der Waals surface area contributed by atoms with E-state index in [9.17, 15) is 8.78 Å². The first-order valence-corrected chi connectivity index (χ1v) is 7.88. The molecular weight excluding hydrogens is 284 g/mol. The van der Waals surface area contributed by atoms with Gasteiger partial charge < -0.3 is 14.5 Å².